The highest BCUT2D eigenvalue weighted by molar-refractivity contribution is 7.21. The summed E-state index contributed by atoms with van der Waals surface area (Å²) in [7, 11) is 0. The van der Waals surface area contributed by atoms with Crippen molar-refractivity contribution in [2.45, 2.75) is 19.8 Å². The van der Waals surface area contributed by atoms with E-state index in [9.17, 15) is 10.1 Å². The minimum Gasteiger partial charge on any atom is -0.397 e. The highest BCUT2D eigenvalue weighted by Crippen LogP contribution is 2.43. The Labute approximate surface area is 183 Å². The Morgan fingerprint density at radius 3 is 2.55 bits per heavy atom. The van der Waals surface area contributed by atoms with Crippen LogP contribution in [0.25, 0.3) is 21.3 Å². The minimum atomic E-state index is -0.369. The second kappa shape index (κ2) is 8.05. The number of anilines is 3. The monoisotopic (exact) mass is 428 g/mol. The molecule has 8 heteroatoms. The number of hydrogen-bond donors (Lipinski definition) is 3. The van der Waals surface area contributed by atoms with Crippen molar-refractivity contribution in [3.8, 4) is 17.2 Å². The lowest BCUT2D eigenvalue weighted by Gasteiger charge is -2.11. The van der Waals surface area contributed by atoms with E-state index < -0.39 is 0 Å². The van der Waals surface area contributed by atoms with Gasteiger partial charge in [-0.3, -0.25) is 9.78 Å². The molecule has 31 heavy (non-hydrogen) atoms. The number of pyridine rings is 2. The van der Waals surface area contributed by atoms with E-state index in [1.54, 1.807) is 24.5 Å². The number of nitriles is 1. The summed E-state index contributed by atoms with van der Waals surface area (Å²) < 4.78 is 0. The molecule has 0 radical (unpaired) electrons. The van der Waals surface area contributed by atoms with E-state index in [0.717, 1.165) is 16.9 Å². The SMILES string of the molecule is CC(C)c1ccc(-c2c(C#N)c(N)nc3sc(C(=O)Nc4cccnc4)c(N)c23)cc1. The smallest absolute Gasteiger partial charge is 0.267 e. The third-order valence-corrected chi connectivity index (χ3v) is 6.11. The summed E-state index contributed by atoms with van der Waals surface area (Å²) in [5, 5.41) is 13.1. The summed E-state index contributed by atoms with van der Waals surface area (Å²) in [6.07, 6.45) is 3.17. The largest absolute Gasteiger partial charge is 0.397 e. The van der Waals surface area contributed by atoms with Crippen LogP contribution in [0.15, 0.2) is 48.8 Å². The molecule has 0 unspecified atom stereocenters. The van der Waals surface area contributed by atoms with E-state index >= 15 is 0 Å². The lowest BCUT2D eigenvalue weighted by Crippen LogP contribution is -2.12. The van der Waals surface area contributed by atoms with Crippen LogP contribution in [-0.4, -0.2) is 15.9 Å². The van der Waals surface area contributed by atoms with Gasteiger partial charge >= 0.3 is 0 Å². The second-order valence-electron chi connectivity index (χ2n) is 7.36. The molecule has 0 saturated carbocycles. The van der Waals surface area contributed by atoms with E-state index in [1.165, 1.54) is 5.56 Å². The van der Waals surface area contributed by atoms with Gasteiger partial charge in [0, 0.05) is 17.1 Å². The molecule has 3 heterocycles. The van der Waals surface area contributed by atoms with Gasteiger partial charge in [0.05, 0.1) is 17.6 Å². The fourth-order valence-corrected chi connectivity index (χ4v) is 4.41. The number of nitrogens with one attached hydrogen (secondary N) is 1. The topological polar surface area (TPSA) is 131 Å². The van der Waals surface area contributed by atoms with Crippen molar-refractivity contribution in [1.29, 1.82) is 5.26 Å². The molecule has 3 aromatic heterocycles. The molecular weight excluding hydrogens is 408 g/mol. The Hall–Kier alpha value is -3.96. The van der Waals surface area contributed by atoms with Crippen molar-refractivity contribution in [1.82, 2.24) is 9.97 Å². The molecule has 0 fully saturated rings. The molecule has 154 valence electrons. The van der Waals surface area contributed by atoms with Crippen LogP contribution in [0.1, 0.15) is 40.6 Å². The van der Waals surface area contributed by atoms with Crippen molar-refractivity contribution in [2.75, 3.05) is 16.8 Å². The highest BCUT2D eigenvalue weighted by atomic mass is 32.1. The van der Waals surface area contributed by atoms with Gasteiger partial charge in [0.15, 0.2) is 0 Å². The number of hydrogen-bond acceptors (Lipinski definition) is 7. The molecule has 1 aromatic carbocycles. The van der Waals surface area contributed by atoms with Gasteiger partial charge in [-0.2, -0.15) is 5.26 Å². The average Bonchev–Trinajstić information content (AvgIpc) is 3.09. The van der Waals surface area contributed by atoms with Crippen molar-refractivity contribution < 1.29 is 4.79 Å². The number of nitrogens with two attached hydrogens (primary N) is 2. The van der Waals surface area contributed by atoms with Gasteiger partial charge in [-0.15, -0.1) is 11.3 Å². The van der Waals surface area contributed by atoms with Crippen molar-refractivity contribution in [3.05, 3.63) is 64.8 Å². The van der Waals surface area contributed by atoms with Crippen LogP contribution in [0.3, 0.4) is 0 Å². The van der Waals surface area contributed by atoms with Gasteiger partial charge in [-0.25, -0.2) is 4.98 Å². The number of nitrogens with zero attached hydrogens (tertiary/aromatic N) is 3. The summed E-state index contributed by atoms with van der Waals surface area (Å²) in [5.74, 6) is 0.117. The van der Waals surface area contributed by atoms with Crippen molar-refractivity contribution >= 4 is 44.7 Å². The van der Waals surface area contributed by atoms with E-state index in [2.05, 4.69) is 35.2 Å². The summed E-state index contributed by atoms with van der Waals surface area (Å²) in [6.45, 7) is 4.23. The lowest BCUT2D eigenvalue weighted by molar-refractivity contribution is 0.103. The zero-order chi connectivity index (χ0) is 22.1. The van der Waals surface area contributed by atoms with E-state index in [0.29, 0.717) is 32.3 Å². The van der Waals surface area contributed by atoms with Gasteiger partial charge in [0.2, 0.25) is 0 Å². The second-order valence-corrected chi connectivity index (χ2v) is 8.36. The van der Waals surface area contributed by atoms with Gasteiger partial charge in [0.1, 0.15) is 27.2 Å². The van der Waals surface area contributed by atoms with Gasteiger partial charge in [0.25, 0.3) is 5.91 Å². The number of carbonyl (C=O) groups is 1. The third kappa shape index (κ3) is 3.67. The predicted molar refractivity (Wildman–Crippen MR) is 125 cm³/mol. The Bertz CT molecular complexity index is 1320. The number of fused-ring (bicyclic) bond motifs is 1. The Balaban J connectivity index is 1.89. The molecular formula is C23H20N6OS. The first kappa shape index (κ1) is 20.3. The molecule has 0 spiro atoms. The summed E-state index contributed by atoms with van der Waals surface area (Å²) in [4.78, 5) is 22.0. The summed E-state index contributed by atoms with van der Waals surface area (Å²) in [6, 6.07) is 13.5. The Kier molecular flexibility index (Phi) is 5.28. The molecule has 0 bridgehead atoms. The Morgan fingerprint density at radius 2 is 1.94 bits per heavy atom. The maximum atomic E-state index is 12.9. The summed E-state index contributed by atoms with van der Waals surface area (Å²) >= 11 is 1.14. The fraction of sp³-hybridized carbons (Fsp3) is 0.130. The molecule has 4 aromatic rings. The van der Waals surface area contributed by atoms with Crippen LogP contribution in [0.5, 0.6) is 0 Å². The minimum absolute atomic E-state index is 0.110. The molecule has 4 rings (SSSR count). The maximum Gasteiger partial charge on any atom is 0.267 e. The zero-order valence-corrected chi connectivity index (χ0v) is 17.8. The molecule has 0 aliphatic heterocycles. The normalized spacial score (nSPS) is 10.9. The third-order valence-electron chi connectivity index (χ3n) is 5.01. The first-order valence-corrected chi connectivity index (χ1v) is 10.5. The zero-order valence-electron chi connectivity index (χ0n) is 17.0. The van der Waals surface area contributed by atoms with Gasteiger partial charge in [-0.1, -0.05) is 38.1 Å². The molecule has 7 nitrogen and oxygen atoms in total. The first-order valence-electron chi connectivity index (χ1n) is 9.64. The lowest BCUT2D eigenvalue weighted by atomic mass is 9.94. The Morgan fingerprint density at radius 1 is 1.19 bits per heavy atom. The number of carbonyl (C=O) groups excluding carboxylic acids is 1. The van der Waals surface area contributed by atoms with Crippen LogP contribution in [0, 0.1) is 11.3 Å². The summed E-state index contributed by atoms with van der Waals surface area (Å²) in [5.41, 5.74) is 16.2. The van der Waals surface area contributed by atoms with Crippen LogP contribution >= 0.6 is 11.3 Å². The predicted octanol–water partition coefficient (Wildman–Crippen LogP) is 4.77. The molecule has 5 N–H and O–H groups in total. The van der Waals surface area contributed by atoms with E-state index in [1.807, 2.05) is 24.3 Å². The van der Waals surface area contributed by atoms with Gasteiger partial charge < -0.3 is 16.8 Å². The highest BCUT2D eigenvalue weighted by Gasteiger charge is 2.24. The van der Waals surface area contributed by atoms with E-state index in [-0.39, 0.29) is 23.0 Å². The van der Waals surface area contributed by atoms with Crippen LogP contribution in [0.4, 0.5) is 17.2 Å². The first-order chi connectivity index (χ1) is 14.9. The number of benzene rings is 1. The standard InChI is InChI=1S/C23H20N6OS/c1-12(2)13-5-7-14(8-6-13)17-16(10-24)21(26)29-23-18(17)19(25)20(31-23)22(30)28-15-4-3-9-27-11-15/h3-9,11-12H,25H2,1-2H3,(H2,26,29)(H,28,30). The van der Waals surface area contributed by atoms with Crippen molar-refractivity contribution in [2.24, 2.45) is 0 Å². The number of amides is 1. The van der Waals surface area contributed by atoms with Gasteiger partial charge in [-0.05, 0) is 29.2 Å². The molecule has 0 saturated heterocycles. The van der Waals surface area contributed by atoms with Crippen LogP contribution in [-0.2, 0) is 0 Å². The maximum absolute atomic E-state index is 12.9. The van der Waals surface area contributed by atoms with Crippen molar-refractivity contribution in [3.63, 3.8) is 0 Å². The number of rotatable bonds is 4. The quantitative estimate of drug-likeness (QED) is 0.429. The molecule has 0 aliphatic carbocycles. The number of aromatic nitrogens is 2. The average molecular weight is 429 g/mol. The number of nitrogen functional groups attached to an aromatic ring is 2. The fourth-order valence-electron chi connectivity index (χ4n) is 3.40. The van der Waals surface area contributed by atoms with Crippen LogP contribution in [0.2, 0.25) is 0 Å². The van der Waals surface area contributed by atoms with Crippen LogP contribution < -0.4 is 16.8 Å². The van der Waals surface area contributed by atoms with E-state index in [4.69, 9.17) is 11.5 Å². The molecule has 0 atom stereocenters. The molecule has 1 amide bonds. The molecule has 0 aliphatic rings. The number of thiophene rings is 1.